The van der Waals surface area contributed by atoms with Crippen molar-refractivity contribution in [1.82, 2.24) is 5.32 Å². The van der Waals surface area contributed by atoms with E-state index in [1.807, 2.05) is 25.4 Å². The molecule has 3 N–H and O–H groups in total. The van der Waals surface area contributed by atoms with E-state index in [0.29, 0.717) is 5.84 Å². The van der Waals surface area contributed by atoms with E-state index in [1.54, 1.807) is 11.8 Å². The third-order valence-electron chi connectivity index (χ3n) is 2.34. The van der Waals surface area contributed by atoms with Gasteiger partial charge in [0.1, 0.15) is 5.84 Å². The number of nitrogens with two attached hydrogens (primary N) is 1. The molecule has 0 saturated carbocycles. The Morgan fingerprint density at radius 1 is 1.50 bits per heavy atom. The molecular formula is C12H19N3S. The van der Waals surface area contributed by atoms with E-state index in [2.05, 4.69) is 23.3 Å². The Balaban J connectivity index is 2.96. The van der Waals surface area contributed by atoms with Crippen molar-refractivity contribution in [1.29, 1.82) is 0 Å². The standard InChI is InChI=1S/C12H19N3S/c1-9-10(7-14-2)5-4-6-11(9)15-12(13)8-16-3/h4-6,14H,7-8H2,1-3H3,(H2,13,15). The highest BCUT2D eigenvalue weighted by Gasteiger charge is 2.02. The minimum atomic E-state index is 0.678. The van der Waals surface area contributed by atoms with E-state index >= 15 is 0 Å². The Morgan fingerprint density at radius 2 is 2.25 bits per heavy atom. The van der Waals surface area contributed by atoms with Gasteiger partial charge in [0, 0.05) is 6.54 Å². The highest BCUT2D eigenvalue weighted by molar-refractivity contribution is 7.99. The van der Waals surface area contributed by atoms with E-state index in [9.17, 15) is 0 Å². The first kappa shape index (κ1) is 13.1. The number of nitrogens with one attached hydrogen (secondary N) is 1. The Bertz CT molecular complexity index is 375. The van der Waals surface area contributed by atoms with Crippen LogP contribution < -0.4 is 11.1 Å². The van der Waals surface area contributed by atoms with Crippen molar-refractivity contribution in [3.63, 3.8) is 0 Å². The number of hydrogen-bond donors (Lipinski definition) is 2. The van der Waals surface area contributed by atoms with Gasteiger partial charge >= 0.3 is 0 Å². The lowest BCUT2D eigenvalue weighted by molar-refractivity contribution is 0.812. The molecule has 0 spiro atoms. The molecule has 0 aromatic heterocycles. The van der Waals surface area contributed by atoms with Crippen LogP contribution in [0.3, 0.4) is 0 Å². The molecule has 1 aromatic rings. The number of aliphatic imine (C=N–C) groups is 1. The predicted molar refractivity (Wildman–Crippen MR) is 73.6 cm³/mol. The zero-order chi connectivity index (χ0) is 12.0. The number of rotatable bonds is 5. The van der Waals surface area contributed by atoms with E-state index in [4.69, 9.17) is 5.73 Å². The molecule has 0 radical (unpaired) electrons. The van der Waals surface area contributed by atoms with E-state index in [0.717, 1.165) is 18.0 Å². The van der Waals surface area contributed by atoms with Crippen LogP contribution in [0.1, 0.15) is 11.1 Å². The molecule has 0 heterocycles. The molecule has 0 bridgehead atoms. The summed E-state index contributed by atoms with van der Waals surface area (Å²) in [6, 6.07) is 6.13. The fourth-order valence-electron chi connectivity index (χ4n) is 1.51. The van der Waals surface area contributed by atoms with Crippen LogP contribution in [-0.2, 0) is 6.54 Å². The summed E-state index contributed by atoms with van der Waals surface area (Å²) in [5.41, 5.74) is 9.25. The quantitative estimate of drug-likeness (QED) is 0.609. The van der Waals surface area contributed by atoms with Gasteiger partial charge in [0.15, 0.2) is 0 Å². The monoisotopic (exact) mass is 237 g/mol. The van der Waals surface area contributed by atoms with E-state index < -0.39 is 0 Å². The highest BCUT2D eigenvalue weighted by Crippen LogP contribution is 2.21. The normalized spacial score (nSPS) is 11.8. The maximum absolute atomic E-state index is 5.82. The first-order chi connectivity index (χ1) is 7.69. The Hall–Kier alpha value is -1.00. The minimum absolute atomic E-state index is 0.678. The van der Waals surface area contributed by atoms with Gasteiger partial charge in [-0.15, -0.1) is 0 Å². The van der Waals surface area contributed by atoms with Crippen LogP contribution in [0.2, 0.25) is 0 Å². The molecule has 1 rings (SSSR count). The number of amidine groups is 1. The molecule has 0 fully saturated rings. The van der Waals surface area contributed by atoms with Crippen LogP contribution in [0.4, 0.5) is 5.69 Å². The summed E-state index contributed by atoms with van der Waals surface area (Å²) >= 11 is 1.68. The van der Waals surface area contributed by atoms with Crippen molar-refractivity contribution >= 4 is 23.3 Å². The summed E-state index contributed by atoms with van der Waals surface area (Å²) in [5, 5.41) is 3.15. The molecule has 16 heavy (non-hydrogen) atoms. The highest BCUT2D eigenvalue weighted by atomic mass is 32.2. The van der Waals surface area contributed by atoms with Crippen LogP contribution in [-0.4, -0.2) is 24.9 Å². The molecule has 0 unspecified atom stereocenters. The number of thioether (sulfide) groups is 1. The van der Waals surface area contributed by atoms with Crippen molar-refractivity contribution in [3.8, 4) is 0 Å². The van der Waals surface area contributed by atoms with Crippen molar-refractivity contribution in [3.05, 3.63) is 29.3 Å². The minimum Gasteiger partial charge on any atom is -0.386 e. The number of benzene rings is 1. The van der Waals surface area contributed by atoms with Gasteiger partial charge in [0.2, 0.25) is 0 Å². The second kappa shape index (κ2) is 6.55. The topological polar surface area (TPSA) is 50.4 Å². The lowest BCUT2D eigenvalue weighted by Crippen LogP contribution is -2.14. The van der Waals surface area contributed by atoms with Crippen LogP contribution >= 0.6 is 11.8 Å². The molecule has 0 aliphatic heterocycles. The van der Waals surface area contributed by atoms with E-state index in [1.165, 1.54) is 11.1 Å². The van der Waals surface area contributed by atoms with Crippen molar-refractivity contribution in [2.75, 3.05) is 19.1 Å². The van der Waals surface area contributed by atoms with Gasteiger partial charge in [-0.1, -0.05) is 12.1 Å². The summed E-state index contributed by atoms with van der Waals surface area (Å²) in [6.45, 7) is 2.94. The molecule has 88 valence electrons. The first-order valence-electron chi connectivity index (χ1n) is 5.24. The molecular weight excluding hydrogens is 218 g/mol. The van der Waals surface area contributed by atoms with Crippen LogP contribution in [0.5, 0.6) is 0 Å². The molecule has 0 saturated heterocycles. The molecule has 0 amide bonds. The van der Waals surface area contributed by atoms with Gasteiger partial charge in [0.05, 0.1) is 11.4 Å². The SMILES string of the molecule is CNCc1cccc(N=C(N)CSC)c1C. The Labute approximate surface area is 102 Å². The number of nitrogens with zero attached hydrogens (tertiary/aromatic N) is 1. The van der Waals surface area contributed by atoms with E-state index in [-0.39, 0.29) is 0 Å². The van der Waals surface area contributed by atoms with Crippen molar-refractivity contribution in [2.45, 2.75) is 13.5 Å². The Kier molecular flexibility index (Phi) is 5.35. The van der Waals surface area contributed by atoms with Crippen molar-refractivity contribution < 1.29 is 0 Å². The summed E-state index contributed by atoms with van der Waals surface area (Å²) in [4.78, 5) is 4.44. The fraction of sp³-hybridized carbons (Fsp3) is 0.417. The molecule has 4 heteroatoms. The zero-order valence-corrected chi connectivity index (χ0v) is 10.9. The average molecular weight is 237 g/mol. The van der Waals surface area contributed by atoms with Gasteiger partial charge < -0.3 is 11.1 Å². The molecule has 0 atom stereocenters. The first-order valence-corrected chi connectivity index (χ1v) is 6.63. The maximum Gasteiger partial charge on any atom is 0.110 e. The van der Waals surface area contributed by atoms with Crippen LogP contribution in [0, 0.1) is 6.92 Å². The molecule has 0 aliphatic carbocycles. The smallest absolute Gasteiger partial charge is 0.110 e. The van der Waals surface area contributed by atoms with Gasteiger partial charge in [0.25, 0.3) is 0 Å². The Morgan fingerprint density at radius 3 is 2.88 bits per heavy atom. The van der Waals surface area contributed by atoms with Gasteiger partial charge in [-0.3, -0.25) is 0 Å². The van der Waals surface area contributed by atoms with Crippen LogP contribution in [0.25, 0.3) is 0 Å². The van der Waals surface area contributed by atoms with Gasteiger partial charge in [-0.05, 0) is 37.4 Å². The summed E-state index contributed by atoms with van der Waals surface area (Å²) < 4.78 is 0. The lowest BCUT2D eigenvalue weighted by atomic mass is 10.1. The van der Waals surface area contributed by atoms with Crippen molar-refractivity contribution in [2.24, 2.45) is 10.7 Å². The largest absolute Gasteiger partial charge is 0.386 e. The summed E-state index contributed by atoms with van der Waals surface area (Å²) in [5.74, 6) is 1.45. The fourth-order valence-corrected chi connectivity index (χ4v) is 1.87. The second-order valence-electron chi connectivity index (χ2n) is 3.63. The predicted octanol–water partition coefficient (Wildman–Crippen LogP) is 2.07. The van der Waals surface area contributed by atoms with Gasteiger partial charge in [-0.25, -0.2) is 4.99 Å². The van der Waals surface area contributed by atoms with Crippen LogP contribution in [0.15, 0.2) is 23.2 Å². The number of hydrogen-bond acceptors (Lipinski definition) is 3. The summed E-state index contributed by atoms with van der Waals surface area (Å²) in [6.07, 6.45) is 2.02. The zero-order valence-electron chi connectivity index (χ0n) is 10.1. The summed E-state index contributed by atoms with van der Waals surface area (Å²) in [7, 11) is 1.94. The molecule has 0 aliphatic rings. The average Bonchev–Trinajstić information content (AvgIpc) is 2.24. The maximum atomic E-state index is 5.82. The molecule has 1 aromatic carbocycles. The third-order valence-corrected chi connectivity index (χ3v) is 2.93. The molecule has 3 nitrogen and oxygen atoms in total. The second-order valence-corrected chi connectivity index (χ2v) is 4.49. The lowest BCUT2D eigenvalue weighted by Gasteiger charge is -2.08. The third kappa shape index (κ3) is 3.54. The van der Waals surface area contributed by atoms with Gasteiger partial charge in [-0.2, -0.15) is 11.8 Å².